The minimum absolute atomic E-state index is 0.0634. The van der Waals surface area contributed by atoms with E-state index in [4.69, 9.17) is 5.11 Å². The number of aliphatic hydroxyl groups excluding tert-OH is 2. The van der Waals surface area contributed by atoms with Crippen LogP contribution in [0.1, 0.15) is 44.9 Å². The van der Waals surface area contributed by atoms with Gasteiger partial charge in [0.05, 0.1) is 6.10 Å². The van der Waals surface area contributed by atoms with Crippen molar-refractivity contribution in [1.82, 2.24) is 5.32 Å². The molecule has 0 aromatic heterocycles. The van der Waals surface area contributed by atoms with E-state index in [2.05, 4.69) is 5.32 Å². The highest BCUT2D eigenvalue weighted by Gasteiger charge is 2.20. The quantitative estimate of drug-likeness (QED) is 0.590. The molecule has 1 aliphatic carbocycles. The number of unbranched alkanes of at least 4 members (excludes halogenated alkanes) is 1. The summed E-state index contributed by atoms with van der Waals surface area (Å²) in [6, 6.07) is 0. The fraction of sp³-hybridized carbons (Fsp3) is 0.917. The predicted octanol–water partition coefficient (Wildman–Crippen LogP) is 0.816. The molecule has 4 heteroatoms. The maximum absolute atomic E-state index is 11.4. The number of rotatable bonds is 6. The van der Waals surface area contributed by atoms with E-state index in [1.807, 2.05) is 0 Å². The number of nitrogens with one attached hydrogen (secondary N) is 1. The third-order valence-corrected chi connectivity index (χ3v) is 3.15. The number of hydrogen-bond donors (Lipinski definition) is 3. The van der Waals surface area contributed by atoms with Crippen molar-refractivity contribution in [2.24, 2.45) is 5.92 Å². The van der Waals surface area contributed by atoms with Gasteiger partial charge < -0.3 is 15.5 Å². The van der Waals surface area contributed by atoms with Crippen LogP contribution in [-0.4, -0.2) is 35.4 Å². The molecule has 0 heterocycles. The van der Waals surface area contributed by atoms with Crippen molar-refractivity contribution in [3.05, 3.63) is 0 Å². The Kier molecular flexibility index (Phi) is 6.42. The standard InChI is InChI=1S/C12H23NO3/c14-7-2-1-6-12(16)13-9-10-4-3-5-11(15)8-10/h10-11,14-15H,1-9H2,(H,13,16). The zero-order chi connectivity index (χ0) is 11.8. The van der Waals surface area contributed by atoms with E-state index in [1.165, 1.54) is 0 Å². The number of hydrogen-bond acceptors (Lipinski definition) is 3. The summed E-state index contributed by atoms with van der Waals surface area (Å²) in [5, 5.41) is 21.0. The Hall–Kier alpha value is -0.610. The van der Waals surface area contributed by atoms with E-state index in [0.29, 0.717) is 25.3 Å². The zero-order valence-corrected chi connectivity index (χ0v) is 9.82. The van der Waals surface area contributed by atoms with E-state index in [0.717, 1.165) is 32.1 Å². The number of carbonyl (C=O) groups is 1. The zero-order valence-electron chi connectivity index (χ0n) is 9.82. The Morgan fingerprint density at radius 3 is 2.81 bits per heavy atom. The highest BCUT2D eigenvalue weighted by Crippen LogP contribution is 2.23. The summed E-state index contributed by atoms with van der Waals surface area (Å²) in [7, 11) is 0. The topological polar surface area (TPSA) is 69.6 Å². The minimum atomic E-state index is -0.176. The molecule has 0 radical (unpaired) electrons. The van der Waals surface area contributed by atoms with Gasteiger partial charge in [0.2, 0.25) is 5.91 Å². The lowest BCUT2D eigenvalue weighted by Crippen LogP contribution is -2.32. The van der Waals surface area contributed by atoms with Gasteiger partial charge in [-0.3, -0.25) is 4.79 Å². The first-order valence-electron chi connectivity index (χ1n) is 6.28. The number of carbonyl (C=O) groups excluding carboxylic acids is 1. The van der Waals surface area contributed by atoms with Gasteiger partial charge in [-0.15, -0.1) is 0 Å². The molecule has 1 saturated carbocycles. The molecule has 2 atom stereocenters. The van der Waals surface area contributed by atoms with Crippen LogP contribution in [0, 0.1) is 5.92 Å². The minimum Gasteiger partial charge on any atom is -0.396 e. The molecule has 4 nitrogen and oxygen atoms in total. The normalized spacial score (nSPS) is 25.4. The third-order valence-electron chi connectivity index (χ3n) is 3.15. The van der Waals surface area contributed by atoms with Crippen LogP contribution >= 0.6 is 0 Å². The van der Waals surface area contributed by atoms with Crippen molar-refractivity contribution in [3.63, 3.8) is 0 Å². The fourth-order valence-corrected chi connectivity index (χ4v) is 2.19. The van der Waals surface area contributed by atoms with Gasteiger partial charge in [0.1, 0.15) is 0 Å². The van der Waals surface area contributed by atoms with Gasteiger partial charge >= 0.3 is 0 Å². The molecule has 0 bridgehead atoms. The second-order valence-corrected chi connectivity index (χ2v) is 4.67. The van der Waals surface area contributed by atoms with Crippen molar-refractivity contribution >= 4 is 5.91 Å². The van der Waals surface area contributed by atoms with Crippen molar-refractivity contribution in [1.29, 1.82) is 0 Å². The van der Waals surface area contributed by atoms with Crippen LogP contribution in [-0.2, 0) is 4.79 Å². The smallest absolute Gasteiger partial charge is 0.220 e. The van der Waals surface area contributed by atoms with Gasteiger partial charge in [-0.2, -0.15) is 0 Å². The lowest BCUT2D eigenvalue weighted by molar-refractivity contribution is -0.121. The van der Waals surface area contributed by atoms with Crippen LogP contribution in [0.15, 0.2) is 0 Å². The van der Waals surface area contributed by atoms with E-state index < -0.39 is 0 Å². The highest BCUT2D eigenvalue weighted by atomic mass is 16.3. The number of aliphatic hydroxyl groups is 2. The van der Waals surface area contributed by atoms with Crippen LogP contribution in [0.25, 0.3) is 0 Å². The molecule has 94 valence electrons. The molecule has 1 aliphatic rings. The van der Waals surface area contributed by atoms with Crippen LogP contribution < -0.4 is 5.32 Å². The maximum atomic E-state index is 11.4. The Balaban J connectivity index is 2.06. The maximum Gasteiger partial charge on any atom is 0.220 e. The second kappa shape index (κ2) is 7.63. The summed E-state index contributed by atoms with van der Waals surface area (Å²) in [5.41, 5.74) is 0. The molecule has 2 unspecified atom stereocenters. The lowest BCUT2D eigenvalue weighted by atomic mass is 9.87. The van der Waals surface area contributed by atoms with Crippen LogP contribution in [0.3, 0.4) is 0 Å². The molecule has 1 fully saturated rings. The molecular formula is C12H23NO3. The van der Waals surface area contributed by atoms with E-state index >= 15 is 0 Å². The largest absolute Gasteiger partial charge is 0.396 e. The van der Waals surface area contributed by atoms with Crippen molar-refractivity contribution in [3.8, 4) is 0 Å². The number of amides is 1. The summed E-state index contributed by atoms with van der Waals surface area (Å²) in [5.74, 6) is 0.499. The first-order chi connectivity index (χ1) is 7.72. The SMILES string of the molecule is O=C(CCCCO)NCC1CCCC(O)C1. The predicted molar refractivity (Wildman–Crippen MR) is 61.9 cm³/mol. The van der Waals surface area contributed by atoms with Crippen molar-refractivity contribution in [2.45, 2.75) is 51.0 Å². The van der Waals surface area contributed by atoms with E-state index in [-0.39, 0.29) is 18.6 Å². The van der Waals surface area contributed by atoms with Crippen LogP contribution in [0.4, 0.5) is 0 Å². The van der Waals surface area contributed by atoms with Gasteiger partial charge in [-0.1, -0.05) is 6.42 Å². The summed E-state index contributed by atoms with van der Waals surface area (Å²) >= 11 is 0. The van der Waals surface area contributed by atoms with Crippen LogP contribution in [0.2, 0.25) is 0 Å². The summed E-state index contributed by atoms with van der Waals surface area (Å²) in [6.07, 6.45) is 5.64. The third kappa shape index (κ3) is 5.47. The molecule has 0 aromatic rings. The molecule has 0 aliphatic heterocycles. The molecule has 0 spiro atoms. The Morgan fingerprint density at radius 2 is 2.12 bits per heavy atom. The molecule has 1 rings (SSSR count). The monoisotopic (exact) mass is 229 g/mol. The van der Waals surface area contributed by atoms with Gasteiger partial charge in [-0.25, -0.2) is 0 Å². The van der Waals surface area contributed by atoms with Crippen LogP contribution in [0.5, 0.6) is 0 Å². The molecule has 0 aromatic carbocycles. The highest BCUT2D eigenvalue weighted by molar-refractivity contribution is 5.75. The summed E-state index contributed by atoms with van der Waals surface area (Å²) < 4.78 is 0. The lowest BCUT2D eigenvalue weighted by Gasteiger charge is -2.25. The molecule has 0 saturated heterocycles. The molecule has 1 amide bonds. The molecular weight excluding hydrogens is 206 g/mol. The van der Waals surface area contributed by atoms with Gasteiger partial charge in [-0.05, 0) is 38.0 Å². The molecule has 16 heavy (non-hydrogen) atoms. The first kappa shape index (κ1) is 13.5. The van der Waals surface area contributed by atoms with Crippen molar-refractivity contribution in [2.75, 3.05) is 13.2 Å². The fourth-order valence-electron chi connectivity index (χ4n) is 2.19. The average molecular weight is 229 g/mol. The summed E-state index contributed by atoms with van der Waals surface area (Å²) in [6.45, 7) is 0.844. The average Bonchev–Trinajstić information content (AvgIpc) is 2.27. The first-order valence-corrected chi connectivity index (χ1v) is 6.28. The Bertz CT molecular complexity index is 208. The van der Waals surface area contributed by atoms with Gasteiger partial charge in [0.15, 0.2) is 0 Å². The Labute approximate surface area is 97.0 Å². The Morgan fingerprint density at radius 1 is 1.31 bits per heavy atom. The van der Waals surface area contributed by atoms with E-state index in [9.17, 15) is 9.90 Å². The second-order valence-electron chi connectivity index (χ2n) is 4.67. The van der Waals surface area contributed by atoms with Gasteiger partial charge in [0, 0.05) is 19.6 Å². The van der Waals surface area contributed by atoms with E-state index in [1.54, 1.807) is 0 Å². The van der Waals surface area contributed by atoms with Crippen molar-refractivity contribution < 1.29 is 15.0 Å². The summed E-state index contributed by atoms with van der Waals surface area (Å²) in [4.78, 5) is 11.4. The molecule has 3 N–H and O–H groups in total. The van der Waals surface area contributed by atoms with Gasteiger partial charge in [0.25, 0.3) is 0 Å².